The van der Waals surface area contributed by atoms with Gasteiger partial charge in [0.1, 0.15) is 5.82 Å². The molecule has 3 rings (SSSR count). The van der Waals surface area contributed by atoms with Crippen LogP contribution in [-0.4, -0.2) is 15.7 Å². The van der Waals surface area contributed by atoms with Crippen molar-refractivity contribution in [1.29, 1.82) is 0 Å². The molecule has 1 saturated carbocycles. The van der Waals surface area contributed by atoms with Gasteiger partial charge in [-0.05, 0) is 72.5 Å². The summed E-state index contributed by atoms with van der Waals surface area (Å²) in [6.45, 7) is 2.16. The highest BCUT2D eigenvalue weighted by Crippen LogP contribution is 2.40. The third kappa shape index (κ3) is 2.87. The molecule has 1 atom stereocenters. The molecule has 0 saturated heterocycles. The average Bonchev–Trinajstić information content (AvgIpc) is 3.19. The van der Waals surface area contributed by atoms with E-state index in [1.54, 1.807) is 6.20 Å². The molecular formula is C15H16IN3O. The number of rotatable bonds is 4. The molecule has 1 unspecified atom stereocenters. The summed E-state index contributed by atoms with van der Waals surface area (Å²) in [6, 6.07) is 9.73. The highest BCUT2D eigenvalue weighted by molar-refractivity contribution is 14.1. The van der Waals surface area contributed by atoms with Gasteiger partial charge in [0.15, 0.2) is 0 Å². The number of nitrogens with one attached hydrogen (secondary N) is 1. The Balaban J connectivity index is 1.76. The van der Waals surface area contributed by atoms with Crippen molar-refractivity contribution in [2.24, 2.45) is 5.92 Å². The third-order valence-electron chi connectivity index (χ3n) is 3.71. The molecule has 2 aromatic rings. The Kier molecular flexibility index (Phi) is 3.78. The van der Waals surface area contributed by atoms with Crippen LogP contribution in [0.4, 0.5) is 5.82 Å². The fraction of sp³-hybridized carbons (Fsp3) is 0.333. The van der Waals surface area contributed by atoms with Gasteiger partial charge in [0.25, 0.3) is 5.91 Å². The summed E-state index contributed by atoms with van der Waals surface area (Å²) in [6.07, 6.45) is 4.25. The molecule has 0 radical (unpaired) electrons. The van der Waals surface area contributed by atoms with E-state index in [0.717, 1.165) is 9.39 Å². The van der Waals surface area contributed by atoms with Crippen LogP contribution < -0.4 is 5.32 Å². The molecule has 4 nitrogen and oxygen atoms in total. The monoisotopic (exact) mass is 381 g/mol. The smallest absolute Gasteiger partial charge is 0.256 e. The molecule has 1 amide bonds. The molecule has 0 spiro atoms. The van der Waals surface area contributed by atoms with Crippen molar-refractivity contribution in [2.45, 2.75) is 25.8 Å². The summed E-state index contributed by atoms with van der Waals surface area (Å²) in [7, 11) is 0. The molecule has 1 aromatic carbocycles. The van der Waals surface area contributed by atoms with Crippen LogP contribution in [0.3, 0.4) is 0 Å². The van der Waals surface area contributed by atoms with Gasteiger partial charge in [0, 0.05) is 15.2 Å². The lowest BCUT2D eigenvalue weighted by atomic mass is 10.2. The molecule has 1 aliphatic rings. The summed E-state index contributed by atoms with van der Waals surface area (Å²) < 4.78 is 3.04. The summed E-state index contributed by atoms with van der Waals surface area (Å²) in [5.74, 6) is 1.38. The van der Waals surface area contributed by atoms with Gasteiger partial charge >= 0.3 is 0 Å². The van der Waals surface area contributed by atoms with Gasteiger partial charge in [-0.1, -0.05) is 0 Å². The zero-order valence-corrected chi connectivity index (χ0v) is 13.4. The Morgan fingerprint density at radius 2 is 2.05 bits per heavy atom. The van der Waals surface area contributed by atoms with Gasteiger partial charge in [-0.15, -0.1) is 0 Å². The second kappa shape index (κ2) is 5.55. The number of hydrogen-bond donors (Lipinski definition) is 1. The average molecular weight is 381 g/mol. The number of aromatic nitrogens is 2. The first-order valence-corrected chi connectivity index (χ1v) is 7.83. The van der Waals surface area contributed by atoms with Gasteiger partial charge in [0.2, 0.25) is 0 Å². The number of carbonyl (C=O) groups excluding carboxylic acids is 1. The van der Waals surface area contributed by atoms with Crippen molar-refractivity contribution in [2.75, 3.05) is 5.32 Å². The quantitative estimate of drug-likeness (QED) is 0.821. The van der Waals surface area contributed by atoms with E-state index < -0.39 is 0 Å². The van der Waals surface area contributed by atoms with Crippen LogP contribution in [0.1, 0.15) is 36.2 Å². The predicted octanol–water partition coefficient (Wildman–Crippen LogP) is 3.71. The lowest BCUT2D eigenvalue weighted by Crippen LogP contribution is -2.18. The predicted molar refractivity (Wildman–Crippen MR) is 86.8 cm³/mol. The highest BCUT2D eigenvalue weighted by Gasteiger charge is 2.30. The van der Waals surface area contributed by atoms with E-state index in [1.807, 2.05) is 35.0 Å². The van der Waals surface area contributed by atoms with E-state index in [0.29, 0.717) is 17.5 Å². The van der Waals surface area contributed by atoms with Crippen LogP contribution in [0.15, 0.2) is 36.5 Å². The Bertz CT molecular complexity index is 616. The first-order valence-electron chi connectivity index (χ1n) is 6.75. The number of hydrogen-bond acceptors (Lipinski definition) is 2. The van der Waals surface area contributed by atoms with Crippen LogP contribution in [0.25, 0.3) is 0 Å². The van der Waals surface area contributed by atoms with E-state index in [4.69, 9.17) is 0 Å². The number of anilines is 1. The fourth-order valence-electron chi connectivity index (χ4n) is 2.31. The number of benzene rings is 1. The van der Waals surface area contributed by atoms with E-state index in [1.165, 1.54) is 12.8 Å². The Labute approximate surface area is 131 Å². The van der Waals surface area contributed by atoms with Gasteiger partial charge in [-0.3, -0.25) is 4.79 Å². The summed E-state index contributed by atoms with van der Waals surface area (Å²) in [5.41, 5.74) is 0.664. The minimum Gasteiger partial charge on any atom is -0.307 e. The molecule has 1 aromatic heterocycles. The van der Waals surface area contributed by atoms with Crippen LogP contribution in [0, 0.1) is 9.49 Å². The minimum atomic E-state index is -0.0915. The highest BCUT2D eigenvalue weighted by atomic mass is 127. The molecule has 1 N–H and O–H groups in total. The number of nitrogens with zero attached hydrogens (tertiary/aromatic N) is 2. The lowest BCUT2D eigenvalue weighted by molar-refractivity contribution is 0.102. The van der Waals surface area contributed by atoms with Crippen molar-refractivity contribution < 1.29 is 4.79 Å². The molecule has 104 valence electrons. The summed E-state index contributed by atoms with van der Waals surface area (Å²) in [5, 5.41) is 7.29. The van der Waals surface area contributed by atoms with Crippen molar-refractivity contribution in [3.8, 4) is 0 Å². The zero-order chi connectivity index (χ0) is 14.1. The first-order chi connectivity index (χ1) is 9.65. The Morgan fingerprint density at radius 1 is 1.35 bits per heavy atom. The number of carbonyl (C=O) groups is 1. The number of halogens is 1. The maximum absolute atomic E-state index is 12.2. The van der Waals surface area contributed by atoms with Crippen LogP contribution in [0.2, 0.25) is 0 Å². The maximum atomic E-state index is 12.2. The Hall–Kier alpha value is -1.37. The molecule has 5 heteroatoms. The molecule has 1 fully saturated rings. The summed E-state index contributed by atoms with van der Waals surface area (Å²) in [4.78, 5) is 12.2. The minimum absolute atomic E-state index is 0.0915. The van der Waals surface area contributed by atoms with E-state index in [2.05, 4.69) is 39.9 Å². The van der Waals surface area contributed by atoms with Crippen LogP contribution >= 0.6 is 22.6 Å². The molecule has 0 bridgehead atoms. The SMILES string of the molecule is CC(C1CC1)n1nccc1NC(=O)c1ccc(I)cc1. The van der Waals surface area contributed by atoms with Crippen LogP contribution in [-0.2, 0) is 0 Å². The molecular weight excluding hydrogens is 365 g/mol. The fourth-order valence-corrected chi connectivity index (χ4v) is 2.67. The summed E-state index contributed by atoms with van der Waals surface area (Å²) >= 11 is 2.22. The second-order valence-corrected chi connectivity index (χ2v) is 6.45. The van der Waals surface area contributed by atoms with Crippen molar-refractivity contribution in [1.82, 2.24) is 9.78 Å². The normalized spacial score (nSPS) is 15.9. The van der Waals surface area contributed by atoms with Crippen molar-refractivity contribution in [3.05, 3.63) is 45.7 Å². The van der Waals surface area contributed by atoms with Gasteiger partial charge in [-0.25, -0.2) is 4.68 Å². The van der Waals surface area contributed by atoms with Gasteiger partial charge < -0.3 is 5.32 Å². The topological polar surface area (TPSA) is 46.9 Å². The second-order valence-electron chi connectivity index (χ2n) is 5.20. The van der Waals surface area contributed by atoms with E-state index >= 15 is 0 Å². The zero-order valence-electron chi connectivity index (χ0n) is 11.2. The van der Waals surface area contributed by atoms with E-state index in [9.17, 15) is 4.79 Å². The first kappa shape index (κ1) is 13.6. The maximum Gasteiger partial charge on any atom is 0.256 e. The number of amides is 1. The standard InChI is InChI=1S/C15H16IN3O/c1-10(11-2-3-11)19-14(8-9-17-19)18-15(20)12-4-6-13(16)7-5-12/h4-11H,2-3H2,1H3,(H,18,20). The Morgan fingerprint density at radius 3 is 2.70 bits per heavy atom. The largest absolute Gasteiger partial charge is 0.307 e. The van der Waals surface area contributed by atoms with Crippen LogP contribution in [0.5, 0.6) is 0 Å². The lowest BCUT2D eigenvalue weighted by Gasteiger charge is -2.15. The molecule has 20 heavy (non-hydrogen) atoms. The van der Waals surface area contributed by atoms with E-state index in [-0.39, 0.29) is 5.91 Å². The molecule has 1 aliphatic carbocycles. The van der Waals surface area contributed by atoms with Gasteiger partial charge in [0.05, 0.1) is 12.2 Å². The van der Waals surface area contributed by atoms with Crippen molar-refractivity contribution >= 4 is 34.3 Å². The third-order valence-corrected chi connectivity index (χ3v) is 4.43. The molecule has 0 aliphatic heterocycles. The van der Waals surface area contributed by atoms with Crippen molar-refractivity contribution in [3.63, 3.8) is 0 Å². The molecule has 1 heterocycles. The van der Waals surface area contributed by atoms with Gasteiger partial charge in [-0.2, -0.15) is 5.10 Å².